The first-order chi connectivity index (χ1) is 16.2. The molecule has 3 saturated carbocycles. The predicted molar refractivity (Wildman–Crippen MR) is 117 cm³/mol. The summed E-state index contributed by atoms with van der Waals surface area (Å²) in [4.78, 5) is 36.3. The standard InChI is InChI=1S/C24H25BF3N3O3/c26-24(27,28)23(7-8-23)9-10-34-18-11-15(29-20(30-18)13-1-2-13)12-31-21(32)16-5-6-17(19(16)22(31)33)25-14-3-4-14/h5-6,11,13-14,17,25H,1-4,7-10,12H2. The van der Waals surface area contributed by atoms with Crippen LogP contribution in [0.5, 0.6) is 5.88 Å². The second kappa shape index (κ2) is 7.68. The zero-order valence-corrected chi connectivity index (χ0v) is 18.7. The molecule has 34 heavy (non-hydrogen) atoms. The molecule has 0 saturated heterocycles. The van der Waals surface area contributed by atoms with Crippen molar-refractivity contribution < 1.29 is 27.5 Å². The molecule has 2 amide bonds. The van der Waals surface area contributed by atoms with Gasteiger partial charge in [0, 0.05) is 23.1 Å². The van der Waals surface area contributed by atoms with Crippen LogP contribution in [0, 0.1) is 5.41 Å². The van der Waals surface area contributed by atoms with Crippen LogP contribution in [0.1, 0.15) is 62.4 Å². The third-order valence-corrected chi connectivity index (χ3v) is 7.71. The molecule has 178 valence electrons. The molecule has 0 spiro atoms. The van der Waals surface area contributed by atoms with Gasteiger partial charge in [0.1, 0.15) is 13.1 Å². The van der Waals surface area contributed by atoms with E-state index >= 15 is 0 Å². The molecule has 2 heterocycles. The molecule has 0 N–H and O–H groups in total. The van der Waals surface area contributed by atoms with Crippen molar-refractivity contribution in [1.29, 1.82) is 0 Å². The van der Waals surface area contributed by atoms with E-state index in [2.05, 4.69) is 9.97 Å². The third kappa shape index (κ3) is 3.94. The molecule has 1 aromatic rings. The van der Waals surface area contributed by atoms with Gasteiger partial charge < -0.3 is 4.74 Å². The van der Waals surface area contributed by atoms with E-state index in [4.69, 9.17) is 4.74 Å². The minimum Gasteiger partial charge on any atom is -0.478 e. The molecule has 1 aromatic heterocycles. The van der Waals surface area contributed by atoms with Crippen LogP contribution >= 0.6 is 0 Å². The Balaban J connectivity index is 1.16. The molecule has 0 bridgehead atoms. The number of allylic oxidation sites excluding steroid dienone is 1. The third-order valence-electron chi connectivity index (χ3n) is 7.71. The maximum absolute atomic E-state index is 13.2. The summed E-state index contributed by atoms with van der Waals surface area (Å²) in [6.07, 6.45) is 3.89. The smallest absolute Gasteiger partial charge is 0.394 e. The van der Waals surface area contributed by atoms with Crippen LogP contribution in [0.25, 0.3) is 0 Å². The molecule has 1 unspecified atom stereocenters. The van der Waals surface area contributed by atoms with Gasteiger partial charge in [0.2, 0.25) is 5.88 Å². The van der Waals surface area contributed by atoms with Gasteiger partial charge in [0.25, 0.3) is 11.8 Å². The lowest BCUT2D eigenvalue weighted by Gasteiger charge is -2.20. The molecule has 0 aromatic carbocycles. The summed E-state index contributed by atoms with van der Waals surface area (Å²) >= 11 is 0. The molecule has 0 radical (unpaired) electrons. The highest BCUT2D eigenvalue weighted by atomic mass is 19.4. The number of hydrogen-bond donors (Lipinski definition) is 0. The summed E-state index contributed by atoms with van der Waals surface area (Å²) in [6.45, 7) is -0.0924. The van der Waals surface area contributed by atoms with Gasteiger partial charge in [0.15, 0.2) is 0 Å². The Kier molecular flexibility index (Phi) is 4.94. The van der Waals surface area contributed by atoms with Crippen molar-refractivity contribution >= 4 is 19.1 Å². The highest BCUT2D eigenvalue weighted by Gasteiger charge is 2.62. The minimum atomic E-state index is -4.22. The monoisotopic (exact) mass is 471 g/mol. The number of amides is 2. The highest BCUT2D eigenvalue weighted by molar-refractivity contribution is 6.46. The fourth-order valence-corrected chi connectivity index (χ4v) is 5.00. The number of carbonyl (C=O) groups is 2. The number of ether oxygens (including phenoxy) is 1. The molecule has 5 aliphatic rings. The molecular weight excluding hydrogens is 446 g/mol. The Morgan fingerprint density at radius 3 is 2.53 bits per heavy atom. The van der Waals surface area contributed by atoms with E-state index in [0.29, 0.717) is 28.5 Å². The molecule has 10 heteroatoms. The molecular formula is C24H25BF3N3O3. The molecule has 6 nitrogen and oxygen atoms in total. The number of halogens is 3. The van der Waals surface area contributed by atoms with Gasteiger partial charge in [-0.2, -0.15) is 18.2 Å². The number of imide groups is 1. The zero-order valence-electron chi connectivity index (χ0n) is 18.7. The first-order valence-corrected chi connectivity index (χ1v) is 12.1. The lowest BCUT2D eigenvalue weighted by molar-refractivity contribution is -0.190. The van der Waals surface area contributed by atoms with Crippen LogP contribution in [0.2, 0.25) is 11.6 Å². The first kappa shape index (κ1) is 21.9. The van der Waals surface area contributed by atoms with E-state index in [1.165, 1.54) is 17.7 Å². The van der Waals surface area contributed by atoms with E-state index in [0.717, 1.165) is 20.1 Å². The summed E-state index contributed by atoms with van der Waals surface area (Å²) in [6, 6.07) is 1.54. The van der Waals surface area contributed by atoms with Gasteiger partial charge in [0.05, 0.1) is 24.3 Å². The fraction of sp³-hybridized carbons (Fsp3) is 0.583. The van der Waals surface area contributed by atoms with E-state index in [1.807, 2.05) is 6.08 Å². The molecule has 6 rings (SSSR count). The number of aromatic nitrogens is 2. The fourth-order valence-electron chi connectivity index (χ4n) is 5.00. The summed E-state index contributed by atoms with van der Waals surface area (Å²) < 4.78 is 45.2. The van der Waals surface area contributed by atoms with Crippen LogP contribution in [0.3, 0.4) is 0 Å². The normalized spacial score (nSPS) is 25.3. The van der Waals surface area contributed by atoms with Gasteiger partial charge in [-0.3, -0.25) is 14.5 Å². The zero-order chi connectivity index (χ0) is 23.7. The SMILES string of the molecule is O=C1C2=C(C(=O)N1Cc1cc(OCCC3(C(F)(F)F)CC3)nc(C3CC3)n1)C(BC1CC1)C=C2. The average Bonchev–Trinajstić information content (AvgIpc) is 3.64. The number of rotatable bonds is 9. The minimum absolute atomic E-state index is 0.000254. The van der Waals surface area contributed by atoms with Crippen molar-refractivity contribution in [2.75, 3.05) is 6.61 Å². The molecule has 1 atom stereocenters. The first-order valence-electron chi connectivity index (χ1n) is 12.1. The van der Waals surface area contributed by atoms with E-state index < -0.39 is 11.6 Å². The van der Waals surface area contributed by atoms with Crippen molar-refractivity contribution in [2.24, 2.45) is 5.41 Å². The Hall–Kier alpha value is -2.65. The number of alkyl halides is 3. The average molecular weight is 471 g/mol. The quantitative estimate of drug-likeness (QED) is 0.402. The van der Waals surface area contributed by atoms with Crippen LogP contribution in [0.15, 0.2) is 29.4 Å². The number of nitrogens with zero attached hydrogens (tertiary/aromatic N) is 3. The lowest BCUT2D eigenvalue weighted by atomic mass is 9.58. The van der Waals surface area contributed by atoms with E-state index in [-0.39, 0.29) is 61.8 Å². The van der Waals surface area contributed by atoms with Crippen molar-refractivity contribution in [3.05, 3.63) is 40.9 Å². The molecule has 1 aliphatic heterocycles. The summed E-state index contributed by atoms with van der Waals surface area (Å²) in [7, 11) is 0.902. The highest BCUT2D eigenvalue weighted by Crippen LogP contribution is 2.59. The summed E-state index contributed by atoms with van der Waals surface area (Å²) in [5.74, 6) is 1.000. The van der Waals surface area contributed by atoms with Gasteiger partial charge in [-0.05, 0) is 37.9 Å². The van der Waals surface area contributed by atoms with Crippen LogP contribution < -0.4 is 4.74 Å². The van der Waals surface area contributed by atoms with Crippen LogP contribution in [-0.2, 0) is 16.1 Å². The van der Waals surface area contributed by atoms with E-state index in [9.17, 15) is 22.8 Å². The number of hydrogen-bond acceptors (Lipinski definition) is 5. The lowest BCUT2D eigenvalue weighted by Crippen LogP contribution is -2.32. The van der Waals surface area contributed by atoms with Crippen molar-refractivity contribution in [1.82, 2.24) is 14.9 Å². The van der Waals surface area contributed by atoms with Crippen molar-refractivity contribution in [2.45, 2.75) is 75.2 Å². The Bertz CT molecular complexity index is 1120. The largest absolute Gasteiger partial charge is 0.478 e. The summed E-state index contributed by atoms with van der Waals surface area (Å²) in [5.41, 5.74) is -0.0977. The van der Waals surface area contributed by atoms with Gasteiger partial charge in [-0.15, -0.1) is 0 Å². The van der Waals surface area contributed by atoms with E-state index in [1.54, 1.807) is 12.1 Å². The van der Waals surface area contributed by atoms with Crippen molar-refractivity contribution in [3.8, 4) is 5.88 Å². The molecule has 3 fully saturated rings. The predicted octanol–water partition coefficient (Wildman–Crippen LogP) is 4.01. The van der Waals surface area contributed by atoms with Crippen LogP contribution in [0.4, 0.5) is 13.2 Å². The van der Waals surface area contributed by atoms with Gasteiger partial charge in [-0.25, -0.2) is 4.98 Å². The number of carbonyl (C=O) groups excluding carboxylic acids is 2. The van der Waals surface area contributed by atoms with Gasteiger partial charge >= 0.3 is 6.18 Å². The maximum Gasteiger partial charge on any atom is 0.394 e. The van der Waals surface area contributed by atoms with Gasteiger partial charge in [-0.1, -0.05) is 30.8 Å². The Morgan fingerprint density at radius 2 is 1.88 bits per heavy atom. The Morgan fingerprint density at radius 1 is 1.12 bits per heavy atom. The Labute approximate surface area is 195 Å². The second-order valence-electron chi connectivity index (χ2n) is 10.4. The molecule has 4 aliphatic carbocycles. The second-order valence-corrected chi connectivity index (χ2v) is 10.4. The van der Waals surface area contributed by atoms with Crippen molar-refractivity contribution in [3.63, 3.8) is 0 Å². The van der Waals surface area contributed by atoms with Crippen LogP contribution in [-0.4, -0.2) is 46.7 Å². The maximum atomic E-state index is 13.2. The topological polar surface area (TPSA) is 72.4 Å². The summed E-state index contributed by atoms with van der Waals surface area (Å²) in [5, 5.41) is 0.